The van der Waals surface area contributed by atoms with Crippen molar-refractivity contribution < 1.29 is 0 Å². The summed E-state index contributed by atoms with van der Waals surface area (Å²) >= 11 is 0. The van der Waals surface area contributed by atoms with E-state index in [0.717, 1.165) is 0 Å². The second-order valence-electron chi connectivity index (χ2n) is 15.8. The molecule has 0 N–H and O–H groups in total. The molecule has 238 valence electrons. The molecule has 0 saturated heterocycles. The maximum atomic E-state index is 2.60. The van der Waals surface area contributed by atoms with Gasteiger partial charge < -0.3 is 0 Å². The molecule has 13 rings (SSSR count). The van der Waals surface area contributed by atoms with Crippen LogP contribution < -0.4 is 16.4 Å². The monoisotopic (exact) mass is 650 g/mol. The van der Waals surface area contributed by atoms with Gasteiger partial charge in [-0.1, -0.05) is 118 Å². The van der Waals surface area contributed by atoms with E-state index in [2.05, 4.69) is 172 Å². The molecule has 2 aliphatic heterocycles. The first-order valence-corrected chi connectivity index (χ1v) is 18.1. The molecule has 0 radical (unpaired) electrons. The molecule has 11 aromatic rings. The maximum absolute atomic E-state index is 2.60. The van der Waals surface area contributed by atoms with Crippen molar-refractivity contribution in [1.29, 1.82) is 0 Å². The van der Waals surface area contributed by atoms with Crippen LogP contribution in [0.15, 0.2) is 133 Å². The lowest BCUT2D eigenvalue weighted by molar-refractivity contribution is 0.589. The first-order valence-electron chi connectivity index (χ1n) is 18.1. The second-order valence-corrected chi connectivity index (χ2v) is 15.8. The third-order valence-corrected chi connectivity index (χ3v) is 12.2. The summed E-state index contributed by atoms with van der Waals surface area (Å²) in [5.41, 5.74) is 18.3. The number of benzene rings is 7. The van der Waals surface area contributed by atoms with E-state index in [1.807, 2.05) is 0 Å². The van der Waals surface area contributed by atoms with Crippen molar-refractivity contribution in [3.63, 3.8) is 0 Å². The summed E-state index contributed by atoms with van der Waals surface area (Å²) in [6, 6.07) is 50.4. The first-order chi connectivity index (χ1) is 25.0. The van der Waals surface area contributed by atoms with E-state index < -0.39 is 0 Å². The molecule has 5 heteroatoms. The minimum atomic E-state index is -0.0497. The summed E-state index contributed by atoms with van der Waals surface area (Å²) in [5, 5.41) is 7.80. The molecule has 0 fully saturated rings. The molecule has 0 atom stereocenters. The van der Waals surface area contributed by atoms with E-state index in [1.165, 1.54) is 110 Å². The Morgan fingerprint density at radius 1 is 0.431 bits per heavy atom. The van der Waals surface area contributed by atoms with E-state index >= 15 is 0 Å². The minimum absolute atomic E-state index is 0.0416. The van der Waals surface area contributed by atoms with Gasteiger partial charge in [-0.05, 0) is 85.3 Å². The third kappa shape index (κ3) is 2.92. The van der Waals surface area contributed by atoms with Gasteiger partial charge in [0.2, 0.25) is 0 Å². The summed E-state index contributed by atoms with van der Waals surface area (Å²) in [4.78, 5) is 0. The summed E-state index contributed by atoms with van der Waals surface area (Å²) in [6.07, 6.45) is 0. The van der Waals surface area contributed by atoms with Gasteiger partial charge in [-0.2, -0.15) is 0 Å². The molecule has 4 nitrogen and oxygen atoms in total. The Bertz CT molecular complexity index is 3200. The number of rotatable bonds is 0. The number of hydrogen-bond donors (Lipinski definition) is 0. The van der Waals surface area contributed by atoms with Gasteiger partial charge in [-0.3, -0.25) is 17.9 Å². The molecule has 51 heavy (non-hydrogen) atoms. The Hall–Kier alpha value is -6.20. The van der Waals surface area contributed by atoms with Crippen LogP contribution in [0, 0.1) is 0 Å². The lowest BCUT2D eigenvalue weighted by Gasteiger charge is -2.33. The van der Waals surface area contributed by atoms with Crippen LogP contribution in [0.4, 0.5) is 0 Å². The zero-order valence-corrected chi connectivity index (χ0v) is 28.6. The standard InChI is InChI=1S/C46H31BN4/c1-46(2,3)28-24-37-41-38(25-28)49-34-17-9-11-19-36(34)51-43-30-15-7-5-13-27(30)21-23-32(43)40(45(49)51)47(41)39-31-22-20-26-12-4-6-14-29(26)42(31)50-35-18-10-8-16-33(35)48(37)44(39)50/h4-25H,1-3H3. The fourth-order valence-electron chi connectivity index (χ4n) is 10.2. The first kappa shape index (κ1) is 26.6. The van der Waals surface area contributed by atoms with Crippen molar-refractivity contribution in [2.45, 2.75) is 26.2 Å². The van der Waals surface area contributed by atoms with Crippen LogP contribution in [0.25, 0.3) is 88.1 Å². The number of fused-ring (bicyclic) bond motifs is 20. The Labute approximate surface area is 293 Å². The lowest BCUT2D eigenvalue weighted by Crippen LogP contribution is -2.59. The summed E-state index contributed by atoms with van der Waals surface area (Å²) in [5.74, 6) is 0. The predicted molar refractivity (Wildman–Crippen MR) is 215 cm³/mol. The third-order valence-electron chi connectivity index (χ3n) is 12.2. The largest absolute Gasteiger partial charge is 0.295 e. The SMILES string of the molecule is CC(C)(C)c1cc2c3c(c1)-n1c4ccccc4n4c5c(ccc6ccccc65)c(c14)B3c1c3ccc4ccccc4c3n3c4ccccc4n-2c13. The van der Waals surface area contributed by atoms with E-state index in [4.69, 9.17) is 0 Å². The van der Waals surface area contributed by atoms with Crippen LogP contribution in [0.5, 0.6) is 0 Å². The van der Waals surface area contributed by atoms with E-state index in [9.17, 15) is 0 Å². The Morgan fingerprint density at radius 3 is 1.33 bits per heavy atom. The van der Waals surface area contributed by atoms with Crippen LogP contribution in [0.3, 0.4) is 0 Å². The van der Waals surface area contributed by atoms with Gasteiger partial charge >= 0.3 is 0 Å². The number of nitrogens with zero attached hydrogens (tertiary/aromatic N) is 4. The van der Waals surface area contributed by atoms with Crippen LogP contribution in [-0.2, 0) is 5.41 Å². The lowest BCUT2D eigenvalue weighted by atomic mass is 9.34. The van der Waals surface area contributed by atoms with Crippen LogP contribution >= 0.6 is 0 Å². The molecular weight excluding hydrogens is 619 g/mol. The van der Waals surface area contributed by atoms with Gasteiger partial charge in [0.05, 0.1) is 33.1 Å². The zero-order chi connectivity index (χ0) is 33.5. The molecule has 7 aromatic carbocycles. The minimum Gasteiger partial charge on any atom is -0.295 e. The fourth-order valence-corrected chi connectivity index (χ4v) is 10.2. The van der Waals surface area contributed by atoms with Crippen LogP contribution in [0.2, 0.25) is 0 Å². The molecule has 6 heterocycles. The van der Waals surface area contributed by atoms with Crippen LogP contribution in [0.1, 0.15) is 26.3 Å². The highest BCUT2D eigenvalue weighted by atomic mass is 15.2. The fraction of sp³-hybridized carbons (Fsp3) is 0.0870. The van der Waals surface area contributed by atoms with E-state index in [0.29, 0.717) is 0 Å². The van der Waals surface area contributed by atoms with Gasteiger partial charge in [0.1, 0.15) is 11.3 Å². The Balaban J connectivity index is 1.36. The molecule has 0 spiro atoms. The number of aromatic nitrogens is 4. The van der Waals surface area contributed by atoms with Gasteiger partial charge in [0, 0.05) is 22.1 Å². The van der Waals surface area contributed by atoms with Gasteiger partial charge in [-0.15, -0.1) is 0 Å². The van der Waals surface area contributed by atoms with Gasteiger partial charge in [0.25, 0.3) is 6.71 Å². The molecule has 2 aliphatic rings. The summed E-state index contributed by atoms with van der Waals surface area (Å²) in [7, 11) is 0. The normalized spacial score (nSPS) is 13.7. The zero-order valence-electron chi connectivity index (χ0n) is 28.6. The van der Waals surface area contributed by atoms with E-state index in [1.54, 1.807) is 0 Å². The highest BCUT2D eigenvalue weighted by Crippen LogP contribution is 2.42. The molecule has 0 unspecified atom stereocenters. The maximum Gasteiger partial charge on any atom is 0.258 e. The quantitative estimate of drug-likeness (QED) is 0.146. The molecule has 0 saturated carbocycles. The van der Waals surface area contributed by atoms with Crippen molar-refractivity contribution in [2.24, 2.45) is 0 Å². The number of imidazole rings is 2. The number of para-hydroxylation sites is 4. The number of hydrogen-bond acceptors (Lipinski definition) is 0. The highest BCUT2D eigenvalue weighted by Gasteiger charge is 2.45. The molecule has 0 aliphatic carbocycles. The Kier molecular flexibility index (Phi) is 4.47. The van der Waals surface area contributed by atoms with Gasteiger partial charge in [0.15, 0.2) is 0 Å². The average molecular weight is 651 g/mol. The van der Waals surface area contributed by atoms with E-state index in [-0.39, 0.29) is 12.1 Å². The molecular formula is C46H31BN4. The van der Waals surface area contributed by atoms with Crippen molar-refractivity contribution >= 4 is 99.8 Å². The molecule has 0 amide bonds. The van der Waals surface area contributed by atoms with Crippen LogP contribution in [-0.4, -0.2) is 24.6 Å². The smallest absolute Gasteiger partial charge is 0.258 e. The summed E-state index contributed by atoms with van der Waals surface area (Å²) in [6.45, 7) is 7.09. The van der Waals surface area contributed by atoms with Crippen molar-refractivity contribution in [3.05, 3.63) is 139 Å². The van der Waals surface area contributed by atoms with Crippen molar-refractivity contribution in [3.8, 4) is 11.4 Å². The second kappa shape index (κ2) is 8.56. The Morgan fingerprint density at radius 2 is 0.863 bits per heavy atom. The predicted octanol–water partition coefficient (Wildman–Crippen LogP) is 9.13. The van der Waals surface area contributed by atoms with Gasteiger partial charge in [-0.25, -0.2) is 0 Å². The van der Waals surface area contributed by atoms with Crippen molar-refractivity contribution in [1.82, 2.24) is 17.9 Å². The molecule has 0 bridgehead atoms. The summed E-state index contributed by atoms with van der Waals surface area (Å²) < 4.78 is 10.4. The highest BCUT2D eigenvalue weighted by molar-refractivity contribution is 7.02. The molecule has 4 aromatic heterocycles. The topological polar surface area (TPSA) is 18.7 Å². The van der Waals surface area contributed by atoms with Crippen molar-refractivity contribution in [2.75, 3.05) is 0 Å². The average Bonchev–Trinajstić information content (AvgIpc) is 3.88.